The van der Waals surface area contributed by atoms with Crippen molar-refractivity contribution < 1.29 is 22.4 Å². The molecule has 1 aliphatic heterocycles. The largest absolute Gasteiger partial charge is 0.608 e. The number of nitrogens with zero attached hydrogens (tertiary/aromatic N) is 3. The first-order chi connectivity index (χ1) is 16.4. The topological polar surface area (TPSA) is 121 Å². The van der Waals surface area contributed by atoms with E-state index in [4.69, 9.17) is 4.74 Å². The first kappa shape index (κ1) is 23.3. The van der Waals surface area contributed by atoms with Crippen LogP contribution >= 0.6 is 0 Å². The summed E-state index contributed by atoms with van der Waals surface area (Å²) >= 11 is 0. The van der Waals surface area contributed by atoms with Crippen LogP contribution in [0.2, 0.25) is 0 Å². The summed E-state index contributed by atoms with van der Waals surface area (Å²) in [7, 11) is -4.62. The quantitative estimate of drug-likeness (QED) is 0.596. The van der Waals surface area contributed by atoms with Crippen molar-refractivity contribution in [2.45, 2.75) is 70.9 Å². The van der Waals surface area contributed by atoms with Gasteiger partial charge in [0.15, 0.2) is 0 Å². The molecule has 11 heteroatoms. The molecule has 0 bridgehead atoms. The summed E-state index contributed by atoms with van der Waals surface area (Å²) in [5.74, 6) is 0. The van der Waals surface area contributed by atoms with Crippen molar-refractivity contribution in [3.63, 3.8) is 0 Å². The first-order valence-corrected chi connectivity index (χ1v) is 13.5. The zero-order chi connectivity index (χ0) is 23.9. The zero-order valence-electron chi connectivity index (χ0n) is 19.4. The number of aryl methyl sites for hydroxylation is 3. The van der Waals surface area contributed by atoms with Gasteiger partial charge in [0, 0.05) is 26.0 Å². The molecule has 0 radical (unpaired) electrons. The molecule has 1 saturated heterocycles. The van der Waals surface area contributed by atoms with Gasteiger partial charge in [0.2, 0.25) is 0 Å². The molecule has 0 saturated carbocycles. The van der Waals surface area contributed by atoms with Crippen molar-refractivity contribution in [2.75, 3.05) is 22.8 Å². The second kappa shape index (κ2) is 9.29. The SMILES string of the molecule is CCn1cc(N(C2CCOCC2)S(=O)(=O)[NH+]([O-])C(=O)Nc2c3c(cc4c2CCC4)CCC3)cn1. The summed E-state index contributed by atoms with van der Waals surface area (Å²) in [4.78, 5) is 13.1. The standard InChI is InChI=1S/C23H31N5O5S/c1-2-26-15-19(14-24-26)27(18-9-11-33-12-10-18)34(31,32)28(30)23(29)25-22-20-7-3-5-16(20)13-17-6-4-8-21(17)22/h13-15,18,28H,2-12H2,1H3,(H,25,29). The van der Waals surface area contributed by atoms with Crippen molar-refractivity contribution >= 4 is 27.6 Å². The highest BCUT2D eigenvalue weighted by molar-refractivity contribution is 7.86. The number of quaternary nitrogens is 1. The maximum atomic E-state index is 13.6. The van der Waals surface area contributed by atoms with Crippen LogP contribution in [-0.2, 0) is 47.2 Å². The van der Waals surface area contributed by atoms with Gasteiger partial charge in [-0.2, -0.15) is 18.0 Å². The number of hydrogen-bond acceptors (Lipinski definition) is 6. The van der Waals surface area contributed by atoms with Crippen molar-refractivity contribution in [1.29, 1.82) is 0 Å². The molecule has 184 valence electrons. The minimum atomic E-state index is -4.62. The number of fused-ring (bicyclic) bond motifs is 2. The van der Waals surface area contributed by atoms with Crippen LogP contribution in [0.15, 0.2) is 18.5 Å². The second-order valence-corrected chi connectivity index (χ2v) is 10.9. The van der Waals surface area contributed by atoms with Crippen LogP contribution in [0.4, 0.5) is 16.2 Å². The number of rotatable bonds is 6. The first-order valence-electron chi connectivity index (χ1n) is 12.1. The van der Waals surface area contributed by atoms with Crippen molar-refractivity contribution in [1.82, 2.24) is 9.78 Å². The van der Waals surface area contributed by atoms with E-state index in [1.807, 2.05) is 6.92 Å². The third-order valence-electron chi connectivity index (χ3n) is 7.11. The molecule has 0 spiro atoms. The smallest absolute Gasteiger partial charge is 0.436 e. The minimum Gasteiger partial charge on any atom is -0.608 e. The van der Waals surface area contributed by atoms with Gasteiger partial charge >= 0.3 is 16.2 Å². The number of anilines is 2. The van der Waals surface area contributed by atoms with Gasteiger partial charge in [0.25, 0.3) is 0 Å². The van der Waals surface area contributed by atoms with Crippen LogP contribution in [0.5, 0.6) is 0 Å². The van der Waals surface area contributed by atoms with E-state index in [0.717, 1.165) is 54.0 Å². The number of carbonyl (C=O) groups is 1. The van der Waals surface area contributed by atoms with E-state index in [0.29, 0.717) is 38.3 Å². The molecule has 5 rings (SSSR count). The van der Waals surface area contributed by atoms with Crippen molar-refractivity contribution in [2.24, 2.45) is 0 Å². The molecular formula is C23H31N5O5S. The van der Waals surface area contributed by atoms with Gasteiger partial charge in [-0.3, -0.25) is 10.00 Å². The maximum absolute atomic E-state index is 13.6. The van der Waals surface area contributed by atoms with E-state index >= 15 is 0 Å². The summed E-state index contributed by atoms with van der Waals surface area (Å²) < 4.78 is 33.8. The number of benzene rings is 1. The summed E-state index contributed by atoms with van der Waals surface area (Å²) in [6, 6.07) is 0.640. The van der Waals surface area contributed by atoms with Gasteiger partial charge in [-0.05, 0) is 80.5 Å². The molecule has 10 nitrogen and oxygen atoms in total. The highest BCUT2D eigenvalue weighted by Gasteiger charge is 2.40. The Kier molecular flexibility index (Phi) is 6.36. The molecule has 2 aliphatic carbocycles. The van der Waals surface area contributed by atoms with E-state index in [2.05, 4.69) is 16.5 Å². The fourth-order valence-corrected chi connectivity index (χ4v) is 6.88. The minimum absolute atomic E-state index is 0.288. The lowest BCUT2D eigenvalue weighted by Gasteiger charge is -2.35. The fourth-order valence-electron chi connectivity index (χ4n) is 5.44. The van der Waals surface area contributed by atoms with Crippen LogP contribution in [0.3, 0.4) is 0 Å². The van der Waals surface area contributed by atoms with Gasteiger partial charge in [0.1, 0.15) is 0 Å². The van der Waals surface area contributed by atoms with E-state index in [1.165, 1.54) is 17.3 Å². The summed E-state index contributed by atoms with van der Waals surface area (Å²) in [6.07, 6.45) is 9.41. The van der Waals surface area contributed by atoms with Gasteiger partial charge in [0.05, 0.1) is 23.6 Å². The summed E-state index contributed by atoms with van der Waals surface area (Å²) in [5, 5.41) is 20.1. The number of hydrogen-bond donors (Lipinski definition) is 2. The normalized spacial score (nSPS) is 19.0. The van der Waals surface area contributed by atoms with Crippen LogP contribution in [-0.4, -0.2) is 43.5 Å². The molecule has 2 aromatic rings. The molecule has 2 N–H and O–H groups in total. The van der Waals surface area contributed by atoms with E-state index in [-0.39, 0.29) is 5.69 Å². The lowest BCUT2D eigenvalue weighted by atomic mass is 9.99. The third kappa shape index (κ3) is 4.10. The Morgan fingerprint density at radius 1 is 1.21 bits per heavy atom. The summed E-state index contributed by atoms with van der Waals surface area (Å²) in [6.45, 7) is 3.22. The number of carbonyl (C=O) groups excluding carboxylic acids is 1. The monoisotopic (exact) mass is 489 g/mol. The van der Waals surface area contributed by atoms with Crippen LogP contribution in [0.1, 0.15) is 54.9 Å². The third-order valence-corrected chi connectivity index (χ3v) is 8.79. The van der Waals surface area contributed by atoms with E-state index in [9.17, 15) is 18.4 Å². The van der Waals surface area contributed by atoms with Gasteiger partial charge in [-0.25, -0.2) is 9.10 Å². The number of nitrogens with one attached hydrogen (secondary N) is 2. The molecule has 1 fully saturated rings. The molecule has 1 unspecified atom stereocenters. The molecule has 3 aliphatic rings. The molecule has 1 atom stereocenters. The number of hydroxylamine groups is 1. The predicted molar refractivity (Wildman–Crippen MR) is 127 cm³/mol. The lowest BCUT2D eigenvalue weighted by Crippen LogP contribution is -3.14. The highest BCUT2D eigenvalue weighted by atomic mass is 32.2. The fraction of sp³-hybridized carbons (Fsp3) is 0.565. The zero-order valence-corrected chi connectivity index (χ0v) is 20.2. The highest BCUT2D eigenvalue weighted by Crippen LogP contribution is 2.38. The Balaban J connectivity index is 1.45. The second-order valence-electron chi connectivity index (χ2n) is 9.17. The Hall–Kier alpha value is -2.47. The van der Waals surface area contributed by atoms with Crippen molar-refractivity contribution in [3.05, 3.63) is 45.9 Å². The van der Waals surface area contributed by atoms with Crippen LogP contribution < -0.4 is 14.1 Å². The lowest BCUT2D eigenvalue weighted by molar-refractivity contribution is -0.604. The molecule has 1 aromatic heterocycles. The van der Waals surface area contributed by atoms with Gasteiger partial charge in [-0.15, -0.1) is 0 Å². The Bertz CT molecular complexity index is 1160. The number of aromatic nitrogens is 2. The van der Waals surface area contributed by atoms with Crippen molar-refractivity contribution in [3.8, 4) is 0 Å². The molecule has 34 heavy (non-hydrogen) atoms. The number of amides is 2. The number of ether oxygens (including phenoxy) is 1. The molecule has 1 aromatic carbocycles. The van der Waals surface area contributed by atoms with E-state index in [1.54, 1.807) is 10.9 Å². The molecule has 2 heterocycles. The average Bonchev–Trinajstić information content (AvgIpc) is 3.59. The number of urea groups is 1. The Labute approximate surface area is 199 Å². The summed E-state index contributed by atoms with van der Waals surface area (Å²) in [5.41, 5.74) is 5.43. The van der Waals surface area contributed by atoms with E-state index < -0.39 is 26.8 Å². The van der Waals surface area contributed by atoms with Crippen LogP contribution in [0, 0.1) is 5.21 Å². The van der Waals surface area contributed by atoms with Crippen LogP contribution in [0.25, 0.3) is 0 Å². The maximum Gasteiger partial charge on any atom is 0.436 e. The molecule has 2 amide bonds. The average molecular weight is 490 g/mol. The van der Waals surface area contributed by atoms with Gasteiger partial charge < -0.3 is 9.94 Å². The predicted octanol–water partition coefficient (Wildman–Crippen LogP) is 1.73. The Morgan fingerprint density at radius 3 is 2.44 bits per heavy atom. The van der Waals surface area contributed by atoms with Gasteiger partial charge in [-0.1, -0.05) is 6.07 Å². The molecular weight excluding hydrogens is 458 g/mol. The Morgan fingerprint density at radius 2 is 1.85 bits per heavy atom.